The number of aryl methyl sites for hydroxylation is 2. The Labute approximate surface area is 126 Å². The molecule has 0 aromatic heterocycles. The first-order chi connectivity index (χ1) is 10.1. The minimum absolute atomic E-state index is 0.195. The van der Waals surface area contributed by atoms with Crippen molar-refractivity contribution in [1.82, 2.24) is 0 Å². The third-order valence-electron chi connectivity index (χ3n) is 3.46. The average Bonchev–Trinajstić information content (AvgIpc) is 2.49. The molecule has 2 N–H and O–H groups in total. The van der Waals surface area contributed by atoms with E-state index >= 15 is 0 Å². The number of nitrogens with two attached hydrogens (primary N) is 1. The van der Waals surface area contributed by atoms with Gasteiger partial charge in [-0.05, 0) is 55.2 Å². The summed E-state index contributed by atoms with van der Waals surface area (Å²) in [6.07, 6.45) is 3.51. The van der Waals surface area contributed by atoms with Gasteiger partial charge in [0.2, 0.25) is 0 Å². The summed E-state index contributed by atoms with van der Waals surface area (Å²) in [5, 5.41) is 0. The smallest absolute Gasteiger partial charge is 0.147 e. The van der Waals surface area contributed by atoms with Gasteiger partial charge >= 0.3 is 0 Å². The first kappa shape index (κ1) is 15.1. The molecule has 2 rings (SSSR count). The van der Waals surface area contributed by atoms with Gasteiger partial charge in [-0.2, -0.15) is 0 Å². The lowest BCUT2D eigenvalue weighted by Gasteiger charge is -2.02. The van der Waals surface area contributed by atoms with Crippen LogP contribution in [0, 0.1) is 24.6 Å². The minimum atomic E-state index is -0.408. The van der Waals surface area contributed by atoms with E-state index in [1.807, 2.05) is 12.1 Å². The molecule has 2 aromatic carbocycles. The number of hydrogen-bond acceptors (Lipinski definition) is 1. The summed E-state index contributed by atoms with van der Waals surface area (Å²) < 4.78 is 13.5. The van der Waals surface area contributed by atoms with Gasteiger partial charge in [-0.25, -0.2) is 4.39 Å². The summed E-state index contributed by atoms with van der Waals surface area (Å²) in [6, 6.07) is 11.4. The fourth-order valence-corrected chi connectivity index (χ4v) is 2.11. The van der Waals surface area contributed by atoms with Crippen LogP contribution in [0.15, 0.2) is 36.4 Å². The standard InChI is InChI=1S/C19H20FN/c1-3-4-5-15-6-8-16(9-7-15)10-11-17-12-14(2)19(21)18(20)13-17/h6-9,12-13H,3-5,21H2,1-2H3. The summed E-state index contributed by atoms with van der Waals surface area (Å²) in [4.78, 5) is 0. The zero-order valence-electron chi connectivity index (χ0n) is 12.5. The lowest BCUT2D eigenvalue weighted by molar-refractivity contribution is 0.631. The predicted octanol–water partition coefficient (Wildman–Crippen LogP) is 4.46. The normalized spacial score (nSPS) is 10.0. The van der Waals surface area contributed by atoms with Crippen LogP contribution in [0.3, 0.4) is 0 Å². The molecule has 1 nitrogen and oxygen atoms in total. The number of anilines is 1. The van der Waals surface area contributed by atoms with Crippen molar-refractivity contribution in [3.63, 3.8) is 0 Å². The van der Waals surface area contributed by atoms with E-state index in [1.54, 1.807) is 13.0 Å². The maximum Gasteiger partial charge on any atom is 0.147 e. The molecule has 0 unspecified atom stereocenters. The summed E-state index contributed by atoms with van der Waals surface area (Å²) in [5.41, 5.74) is 9.42. The van der Waals surface area contributed by atoms with Gasteiger partial charge in [-0.3, -0.25) is 0 Å². The molecule has 0 aliphatic rings. The number of halogens is 1. The van der Waals surface area contributed by atoms with E-state index in [0.29, 0.717) is 11.1 Å². The molecule has 0 saturated heterocycles. The second kappa shape index (κ2) is 6.95. The van der Waals surface area contributed by atoms with Crippen LogP contribution in [0.25, 0.3) is 0 Å². The molecule has 0 amide bonds. The van der Waals surface area contributed by atoms with Crippen LogP contribution in [0.4, 0.5) is 10.1 Å². The van der Waals surface area contributed by atoms with Gasteiger partial charge in [0.05, 0.1) is 5.69 Å². The second-order valence-corrected chi connectivity index (χ2v) is 5.24. The van der Waals surface area contributed by atoms with Crippen LogP contribution in [0.2, 0.25) is 0 Å². The molecular weight excluding hydrogens is 261 g/mol. The molecule has 0 fully saturated rings. The topological polar surface area (TPSA) is 26.0 Å². The molecule has 0 saturated carbocycles. The van der Waals surface area contributed by atoms with Crippen molar-refractivity contribution in [2.45, 2.75) is 33.1 Å². The molecular formula is C19H20FN. The largest absolute Gasteiger partial charge is 0.396 e. The lowest BCUT2D eigenvalue weighted by Crippen LogP contribution is -1.95. The fraction of sp³-hybridized carbons (Fsp3) is 0.263. The van der Waals surface area contributed by atoms with E-state index in [9.17, 15) is 4.39 Å². The van der Waals surface area contributed by atoms with E-state index in [0.717, 1.165) is 12.0 Å². The van der Waals surface area contributed by atoms with Crippen LogP contribution in [0.5, 0.6) is 0 Å². The highest BCUT2D eigenvalue weighted by molar-refractivity contribution is 5.54. The number of hydrogen-bond donors (Lipinski definition) is 1. The first-order valence-electron chi connectivity index (χ1n) is 7.26. The van der Waals surface area contributed by atoms with Crippen LogP contribution in [-0.2, 0) is 6.42 Å². The summed E-state index contributed by atoms with van der Waals surface area (Å²) in [7, 11) is 0. The monoisotopic (exact) mass is 281 g/mol. The van der Waals surface area contributed by atoms with Crippen molar-refractivity contribution in [3.8, 4) is 11.8 Å². The lowest BCUT2D eigenvalue weighted by atomic mass is 10.1. The van der Waals surface area contributed by atoms with E-state index in [1.165, 1.54) is 24.5 Å². The van der Waals surface area contributed by atoms with Crippen LogP contribution < -0.4 is 5.73 Å². The number of rotatable bonds is 3. The van der Waals surface area contributed by atoms with Gasteiger partial charge in [0.25, 0.3) is 0 Å². The SMILES string of the molecule is CCCCc1ccc(C#Cc2cc(C)c(N)c(F)c2)cc1. The fourth-order valence-electron chi connectivity index (χ4n) is 2.11. The van der Waals surface area contributed by atoms with Gasteiger partial charge in [-0.1, -0.05) is 37.3 Å². The van der Waals surface area contributed by atoms with Crippen LogP contribution in [-0.4, -0.2) is 0 Å². The zero-order chi connectivity index (χ0) is 15.2. The maximum atomic E-state index is 13.5. The molecule has 21 heavy (non-hydrogen) atoms. The quantitative estimate of drug-likeness (QED) is 0.652. The Morgan fingerprint density at radius 2 is 1.71 bits per heavy atom. The second-order valence-electron chi connectivity index (χ2n) is 5.24. The zero-order valence-corrected chi connectivity index (χ0v) is 12.5. The number of benzene rings is 2. The third kappa shape index (κ3) is 4.10. The summed E-state index contributed by atoms with van der Waals surface area (Å²) in [6.45, 7) is 3.97. The highest BCUT2D eigenvalue weighted by Gasteiger charge is 2.02. The van der Waals surface area contributed by atoms with Gasteiger partial charge in [0.1, 0.15) is 5.82 Å². The van der Waals surface area contributed by atoms with E-state index in [4.69, 9.17) is 5.73 Å². The highest BCUT2D eigenvalue weighted by atomic mass is 19.1. The van der Waals surface area contributed by atoms with Crippen LogP contribution >= 0.6 is 0 Å². The van der Waals surface area contributed by atoms with Crippen molar-refractivity contribution in [2.24, 2.45) is 0 Å². The third-order valence-corrected chi connectivity index (χ3v) is 3.46. The maximum absolute atomic E-state index is 13.5. The molecule has 0 bridgehead atoms. The molecule has 108 valence electrons. The van der Waals surface area contributed by atoms with Crippen molar-refractivity contribution in [1.29, 1.82) is 0 Å². The van der Waals surface area contributed by atoms with E-state index in [2.05, 4.69) is 30.9 Å². The molecule has 2 heteroatoms. The van der Waals surface area contributed by atoms with Crippen LogP contribution in [0.1, 0.15) is 42.0 Å². The van der Waals surface area contributed by atoms with Gasteiger partial charge in [0.15, 0.2) is 0 Å². The van der Waals surface area contributed by atoms with Crippen molar-refractivity contribution in [2.75, 3.05) is 5.73 Å². The van der Waals surface area contributed by atoms with Crippen molar-refractivity contribution < 1.29 is 4.39 Å². The van der Waals surface area contributed by atoms with Crippen molar-refractivity contribution in [3.05, 3.63) is 64.5 Å². The molecule has 0 spiro atoms. The Kier molecular flexibility index (Phi) is 5.00. The van der Waals surface area contributed by atoms with Gasteiger partial charge in [-0.15, -0.1) is 0 Å². The van der Waals surface area contributed by atoms with E-state index in [-0.39, 0.29) is 5.69 Å². The minimum Gasteiger partial charge on any atom is -0.396 e. The number of nitrogen functional groups attached to an aromatic ring is 1. The molecule has 0 aliphatic heterocycles. The average molecular weight is 281 g/mol. The number of unbranched alkanes of at least 4 members (excludes halogenated alkanes) is 1. The Bertz CT molecular complexity index is 652. The molecule has 0 radical (unpaired) electrons. The Hall–Kier alpha value is -2.27. The first-order valence-corrected chi connectivity index (χ1v) is 7.26. The molecule has 0 aliphatic carbocycles. The van der Waals surface area contributed by atoms with Crippen molar-refractivity contribution >= 4 is 5.69 Å². The van der Waals surface area contributed by atoms with Gasteiger partial charge < -0.3 is 5.73 Å². The predicted molar refractivity (Wildman–Crippen MR) is 86.6 cm³/mol. The highest BCUT2D eigenvalue weighted by Crippen LogP contribution is 2.17. The van der Waals surface area contributed by atoms with E-state index < -0.39 is 5.82 Å². The Morgan fingerprint density at radius 3 is 2.33 bits per heavy atom. The summed E-state index contributed by atoms with van der Waals surface area (Å²) in [5.74, 6) is 5.64. The molecule has 0 heterocycles. The molecule has 2 aromatic rings. The van der Waals surface area contributed by atoms with Gasteiger partial charge in [0, 0.05) is 11.1 Å². The Balaban J connectivity index is 2.15. The molecule has 0 atom stereocenters. The summed E-state index contributed by atoms with van der Waals surface area (Å²) >= 11 is 0. The Morgan fingerprint density at radius 1 is 1.05 bits per heavy atom.